The molecule has 7 nitrogen and oxygen atoms in total. The van der Waals surface area contributed by atoms with E-state index in [1.54, 1.807) is 53.0 Å². The summed E-state index contributed by atoms with van der Waals surface area (Å²) in [5.74, 6) is -1.05. The van der Waals surface area contributed by atoms with Gasteiger partial charge >= 0.3 is 10.2 Å². The molecule has 0 aliphatic heterocycles. The van der Waals surface area contributed by atoms with Crippen molar-refractivity contribution in [2.24, 2.45) is 0 Å². The molecule has 0 aliphatic carbocycles. The van der Waals surface area contributed by atoms with Gasteiger partial charge in [0.05, 0.1) is 27.9 Å². The minimum atomic E-state index is -10.1. The van der Waals surface area contributed by atoms with Crippen molar-refractivity contribution in [3.8, 4) is 16.3 Å². The van der Waals surface area contributed by atoms with Crippen LogP contribution in [0.15, 0.2) is 71.5 Å². The molecule has 0 radical (unpaired) electrons. The molecule has 14 heteroatoms. The minimum absolute atomic E-state index is 0.101. The summed E-state index contributed by atoms with van der Waals surface area (Å²) in [7, 11) is -10.1. The van der Waals surface area contributed by atoms with Crippen molar-refractivity contribution in [1.82, 2.24) is 19.2 Å². The second-order valence-corrected chi connectivity index (χ2v) is 12.9. The monoisotopic (exact) mass is 583 g/mol. The normalized spacial score (nSPS) is 14.3. The summed E-state index contributed by atoms with van der Waals surface area (Å²) < 4.78 is 71.9. The SMILES string of the molecule is Cc1ccc(NC(=O)c2cc(C(C)(C)O)cc(S(F)(F)(F)(F)F)c2)cc1-n1ccc2ncc(-c3cncs3)n21. The Morgan fingerprint density at radius 1 is 1.05 bits per heavy atom. The molecule has 5 rings (SSSR count). The number of nitrogens with one attached hydrogen (secondary N) is 1. The minimum Gasteiger partial charge on any atom is -0.386 e. The lowest BCUT2D eigenvalue weighted by Gasteiger charge is -2.41. The highest BCUT2D eigenvalue weighted by atomic mass is 32.5. The molecular formula is C25H22F5N5O2S2. The number of fused-ring (bicyclic) bond motifs is 1. The quantitative estimate of drug-likeness (QED) is 0.201. The lowest BCUT2D eigenvalue weighted by atomic mass is 9.96. The molecular weight excluding hydrogens is 561 g/mol. The van der Waals surface area contributed by atoms with Crippen molar-refractivity contribution >= 4 is 38.8 Å². The van der Waals surface area contributed by atoms with Crippen molar-refractivity contribution in [2.75, 3.05) is 5.32 Å². The number of aromatic nitrogens is 4. The fourth-order valence-corrected chi connectivity index (χ4v) is 5.36. The maximum absolute atomic E-state index is 13.6. The molecule has 0 aliphatic rings. The fourth-order valence-electron chi connectivity index (χ4n) is 4.05. The molecule has 1 amide bonds. The van der Waals surface area contributed by atoms with Crippen molar-refractivity contribution in [3.05, 3.63) is 83.3 Å². The van der Waals surface area contributed by atoms with Gasteiger partial charge in [-0.1, -0.05) is 25.5 Å². The van der Waals surface area contributed by atoms with Crippen LogP contribution in [0.1, 0.15) is 35.3 Å². The Kier molecular flexibility index (Phi) is 5.59. The number of rotatable bonds is 6. The second kappa shape index (κ2) is 8.13. The Morgan fingerprint density at radius 2 is 1.79 bits per heavy atom. The van der Waals surface area contributed by atoms with Gasteiger partial charge in [-0.15, -0.1) is 11.3 Å². The number of hydrogen-bond donors (Lipinski definition) is 2. The number of anilines is 1. The highest BCUT2D eigenvalue weighted by Crippen LogP contribution is 3.02. The number of amides is 1. The standard InChI is InChI=1S/C25H22F5N5O2S2/c1-15-4-5-18(11-20(15)34-7-6-23-32-12-21(35(23)34)22-13-31-14-38-22)33-24(36)16-8-17(25(2,3)37)10-19(9-16)39(26,27,28,29)30/h4-14,37H,1-3H3,(H,33,36). The smallest absolute Gasteiger partial charge is 0.310 e. The number of halogens is 5. The van der Waals surface area contributed by atoms with Gasteiger partial charge < -0.3 is 10.4 Å². The maximum atomic E-state index is 13.6. The number of imidazole rings is 1. The number of carbonyl (C=O) groups is 1. The van der Waals surface area contributed by atoms with E-state index in [0.717, 1.165) is 36.0 Å². The van der Waals surface area contributed by atoms with Gasteiger partial charge in [-0.2, -0.15) is 0 Å². The molecule has 0 spiro atoms. The van der Waals surface area contributed by atoms with E-state index in [2.05, 4.69) is 15.3 Å². The largest absolute Gasteiger partial charge is 0.386 e. The lowest BCUT2D eigenvalue weighted by molar-refractivity contribution is 0.0782. The van der Waals surface area contributed by atoms with Gasteiger partial charge in [-0.25, -0.2) is 9.50 Å². The maximum Gasteiger partial charge on any atom is 0.310 e. The lowest BCUT2D eigenvalue weighted by Crippen LogP contribution is -2.20. The van der Waals surface area contributed by atoms with Gasteiger partial charge in [0.1, 0.15) is 10.6 Å². The van der Waals surface area contributed by atoms with Gasteiger partial charge in [0.15, 0.2) is 5.65 Å². The van der Waals surface area contributed by atoms with Crippen LogP contribution in [0.3, 0.4) is 0 Å². The number of hydrogen-bond acceptors (Lipinski definition) is 5. The first-order chi connectivity index (χ1) is 17.9. The summed E-state index contributed by atoms with van der Waals surface area (Å²) in [5, 5.41) is 12.7. The Labute approximate surface area is 223 Å². The van der Waals surface area contributed by atoms with E-state index in [1.165, 1.54) is 11.3 Å². The molecule has 0 saturated carbocycles. The van der Waals surface area contributed by atoms with Crippen LogP contribution in [0.2, 0.25) is 0 Å². The number of aryl methyl sites for hydroxylation is 1. The second-order valence-electron chi connectivity index (χ2n) is 9.57. The van der Waals surface area contributed by atoms with Crippen LogP contribution in [0, 0.1) is 6.92 Å². The zero-order chi connectivity index (χ0) is 28.4. The number of benzene rings is 2. The van der Waals surface area contributed by atoms with Crippen molar-refractivity contribution in [2.45, 2.75) is 31.3 Å². The highest BCUT2D eigenvalue weighted by Gasteiger charge is 2.65. The Balaban J connectivity index is 1.55. The third kappa shape index (κ3) is 5.27. The van der Waals surface area contributed by atoms with E-state index in [9.17, 15) is 29.3 Å². The van der Waals surface area contributed by atoms with Crippen LogP contribution < -0.4 is 5.32 Å². The molecule has 2 aromatic carbocycles. The molecule has 0 fully saturated rings. The zero-order valence-electron chi connectivity index (χ0n) is 20.7. The summed E-state index contributed by atoms with van der Waals surface area (Å²) >= 11 is 1.43. The Morgan fingerprint density at radius 3 is 2.44 bits per heavy atom. The first kappa shape index (κ1) is 26.8. The number of nitrogens with zero attached hydrogens (tertiary/aromatic N) is 4. The van der Waals surface area contributed by atoms with E-state index < -0.39 is 37.8 Å². The molecule has 39 heavy (non-hydrogen) atoms. The summed E-state index contributed by atoms with van der Waals surface area (Å²) in [6.07, 6.45) is 5.18. The molecule has 5 aromatic rings. The van der Waals surface area contributed by atoms with Crippen LogP contribution in [0.5, 0.6) is 0 Å². The fraction of sp³-hybridized carbons (Fsp3) is 0.160. The molecule has 0 bridgehead atoms. The molecule has 0 unspecified atom stereocenters. The predicted octanol–water partition coefficient (Wildman–Crippen LogP) is 7.69. The number of thiazole rings is 1. The third-order valence-corrected chi connectivity index (χ3v) is 7.99. The Bertz CT molecular complexity index is 1740. The van der Waals surface area contributed by atoms with E-state index in [0.29, 0.717) is 11.3 Å². The zero-order valence-corrected chi connectivity index (χ0v) is 22.3. The molecule has 206 valence electrons. The summed E-state index contributed by atoms with van der Waals surface area (Å²) in [6, 6.07) is 7.87. The number of aliphatic hydroxyl groups is 1. The van der Waals surface area contributed by atoms with Gasteiger partial charge in [0.25, 0.3) is 5.91 Å². The first-order valence-corrected chi connectivity index (χ1v) is 14.2. The molecule has 3 heterocycles. The predicted molar refractivity (Wildman–Crippen MR) is 141 cm³/mol. The average molecular weight is 584 g/mol. The topological polar surface area (TPSA) is 84.5 Å². The van der Waals surface area contributed by atoms with Crippen LogP contribution in [-0.2, 0) is 5.60 Å². The highest BCUT2D eigenvalue weighted by molar-refractivity contribution is 8.45. The van der Waals surface area contributed by atoms with Crippen LogP contribution in [-0.4, -0.2) is 30.2 Å². The summed E-state index contributed by atoms with van der Waals surface area (Å²) in [4.78, 5) is 20.2. The van der Waals surface area contributed by atoms with Crippen molar-refractivity contribution < 1.29 is 29.3 Å². The van der Waals surface area contributed by atoms with Gasteiger partial charge in [-0.3, -0.25) is 14.5 Å². The van der Waals surface area contributed by atoms with E-state index in [4.69, 9.17) is 0 Å². The van der Waals surface area contributed by atoms with E-state index in [-0.39, 0.29) is 17.8 Å². The number of carbonyl (C=O) groups excluding carboxylic acids is 1. The molecule has 0 atom stereocenters. The van der Waals surface area contributed by atoms with Crippen molar-refractivity contribution in [3.63, 3.8) is 0 Å². The third-order valence-electron chi connectivity index (χ3n) is 6.06. The molecule has 3 aromatic heterocycles. The first-order valence-electron chi connectivity index (χ1n) is 11.4. The van der Waals surface area contributed by atoms with Crippen molar-refractivity contribution in [1.29, 1.82) is 0 Å². The summed E-state index contributed by atoms with van der Waals surface area (Å²) in [5.41, 5.74) is 1.70. The Hall–Kier alpha value is -3.75. The molecule has 2 N–H and O–H groups in total. The summed E-state index contributed by atoms with van der Waals surface area (Å²) in [6.45, 7) is 4.11. The van der Waals surface area contributed by atoms with Crippen LogP contribution >= 0.6 is 21.6 Å². The van der Waals surface area contributed by atoms with E-state index >= 15 is 0 Å². The van der Waals surface area contributed by atoms with Gasteiger partial charge in [0, 0.05) is 29.7 Å². The van der Waals surface area contributed by atoms with E-state index in [1.807, 2.05) is 11.4 Å². The van der Waals surface area contributed by atoms with Gasteiger partial charge in [-0.05, 0) is 62.2 Å². The average Bonchev–Trinajstić information content (AvgIpc) is 3.56. The van der Waals surface area contributed by atoms with Crippen LogP contribution in [0.4, 0.5) is 25.1 Å². The van der Waals surface area contributed by atoms with Crippen LogP contribution in [0.25, 0.3) is 21.9 Å². The molecule has 0 saturated heterocycles. The van der Waals surface area contributed by atoms with Gasteiger partial charge in [0.2, 0.25) is 0 Å².